The molecule has 0 aliphatic rings. The lowest BCUT2D eigenvalue weighted by atomic mass is 9.97. The van der Waals surface area contributed by atoms with Crippen LogP contribution < -0.4 is 0 Å². The van der Waals surface area contributed by atoms with Crippen molar-refractivity contribution in [3.63, 3.8) is 0 Å². The predicted octanol–water partition coefficient (Wildman–Crippen LogP) is 9.45. The molecule has 0 aromatic rings. The topological polar surface area (TPSA) is 20.3 Å². The fourth-order valence-electron chi connectivity index (χ4n) is 4.76. The van der Waals surface area contributed by atoms with Gasteiger partial charge in [0, 0.05) is 18.5 Å². The van der Waals surface area contributed by atoms with Gasteiger partial charge in [0.15, 0.2) is 0 Å². The molecule has 0 aromatic heterocycles. The zero-order chi connectivity index (χ0) is 22.5. The molecular weight excluding hydrogens is 366 g/mol. The van der Waals surface area contributed by atoms with Gasteiger partial charge in [-0.15, -0.1) is 0 Å². The lowest BCUT2D eigenvalue weighted by Gasteiger charge is -2.38. The molecule has 0 bridgehead atoms. The average Bonchev–Trinajstić information content (AvgIpc) is 2.76. The second-order valence-corrected chi connectivity index (χ2v) is 9.50. The first-order chi connectivity index (χ1) is 14.7. The molecule has 180 valence electrons. The third kappa shape index (κ3) is 14.5. The Bertz CT molecular complexity index is 350. The van der Waals surface area contributed by atoms with Crippen molar-refractivity contribution >= 4 is 5.91 Å². The molecule has 1 amide bonds. The van der Waals surface area contributed by atoms with E-state index in [1.165, 1.54) is 103 Å². The molecule has 2 unspecified atom stereocenters. The molecule has 2 heteroatoms. The zero-order valence-corrected chi connectivity index (χ0v) is 21.7. The highest BCUT2D eigenvalue weighted by atomic mass is 16.2. The summed E-state index contributed by atoms with van der Waals surface area (Å²) >= 11 is 0. The quantitative estimate of drug-likeness (QED) is 0.159. The average molecular weight is 424 g/mol. The highest BCUT2D eigenvalue weighted by Crippen LogP contribution is 2.24. The van der Waals surface area contributed by atoms with E-state index >= 15 is 0 Å². The Kier molecular flexibility index (Phi) is 21.3. The third-order valence-electron chi connectivity index (χ3n) is 6.79. The summed E-state index contributed by atoms with van der Waals surface area (Å²) in [6.07, 6.45) is 24.9. The Hall–Kier alpha value is -0.530. The maximum absolute atomic E-state index is 13.3. The van der Waals surface area contributed by atoms with Crippen LogP contribution >= 0.6 is 0 Å². The van der Waals surface area contributed by atoms with Crippen LogP contribution in [0.25, 0.3) is 0 Å². The van der Waals surface area contributed by atoms with Crippen molar-refractivity contribution in [1.29, 1.82) is 0 Å². The highest BCUT2D eigenvalue weighted by Gasteiger charge is 2.27. The van der Waals surface area contributed by atoms with Crippen LogP contribution in [0, 0.1) is 0 Å². The van der Waals surface area contributed by atoms with E-state index in [1.807, 2.05) is 0 Å². The molecule has 0 fully saturated rings. The fourth-order valence-corrected chi connectivity index (χ4v) is 4.76. The van der Waals surface area contributed by atoms with E-state index < -0.39 is 0 Å². The minimum atomic E-state index is 0.449. The van der Waals surface area contributed by atoms with Crippen LogP contribution in [-0.2, 0) is 4.79 Å². The minimum Gasteiger partial charge on any atom is -0.337 e. The predicted molar refractivity (Wildman–Crippen MR) is 135 cm³/mol. The fraction of sp³-hybridized carbons (Fsp3) is 0.964. The van der Waals surface area contributed by atoms with Gasteiger partial charge in [0.1, 0.15) is 0 Å². The summed E-state index contributed by atoms with van der Waals surface area (Å²) < 4.78 is 0. The molecule has 0 N–H and O–H groups in total. The van der Waals surface area contributed by atoms with Crippen molar-refractivity contribution in [2.24, 2.45) is 0 Å². The zero-order valence-electron chi connectivity index (χ0n) is 21.7. The van der Waals surface area contributed by atoms with Crippen molar-refractivity contribution in [3.8, 4) is 0 Å². The maximum atomic E-state index is 13.3. The summed E-state index contributed by atoms with van der Waals surface area (Å²) in [4.78, 5) is 15.7. The Labute approximate surface area is 191 Å². The summed E-state index contributed by atoms with van der Waals surface area (Å²) in [5, 5.41) is 0. The second-order valence-electron chi connectivity index (χ2n) is 9.50. The number of hydrogen-bond donors (Lipinski definition) is 0. The number of unbranched alkanes of at least 4 members (excludes halogenated alkanes) is 12. The van der Waals surface area contributed by atoms with E-state index in [4.69, 9.17) is 0 Å². The van der Waals surface area contributed by atoms with E-state index in [0.717, 1.165) is 25.7 Å². The van der Waals surface area contributed by atoms with Crippen LogP contribution in [0.1, 0.15) is 163 Å². The largest absolute Gasteiger partial charge is 0.337 e. The molecule has 0 aliphatic heterocycles. The second kappa shape index (κ2) is 21.7. The Balaban J connectivity index is 4.60. The lowest BCUT2D eigenvalue weighted by molar-refractivity contribution is -0.137. The molecule has 0 spiro atoms. The number of amides is 1. The van der Waals surface area contributed by atoms with E-state index in [0.29, 0.717) is 18.0 Å². The maximum Gasteiger partial charge on any atom is 0.223 e. The summed E-state index contributed by atoms with van der Waals surface area (Å²) in [6, 6.07) is 0.906. The molecule has 0 saturated carbocycles. The molecule has 0 aliphatic carbocycles. The normalized spacial score (nSPS) is 13.4. The first-order valence-electron chi connectivity index (χ1n) is 14.0. The summed E-state index contributed by atoms with van der Waals surface area (Å²) in [5.41, 5.74) is 0. The van der Waals surface area contributed by atoms with Crippen molar-refractivity contribution in [2.45, 2.75) is 175 Å². The van der Waals surface area contributed by atoms with Crippen LogP contribution in [0.4, 0.5) is 0 Å². The van der Waals surface area contributed by atoms with Gasteiger partial charge in [-0.3, -0.25) is 4.79 Å². The molecule has 0 heterocycles. The molecule has 0 rings (SSSR count). The first-order valence-corrected chi connectivity index (χ1v) is 14.0. The van der Waals surface area contributed by atoms with Crippen molar-refractivity contribution in [3.05, 3.63) is 0 Å². The van der Waals surface area contributed by atoms with Crippen LogP contribution in [0.2, 0.25) is 0 Å². The van der Waals surface area contributed by atoms with Gasteiger partial charge in [-0.1, -0.05) is 125 Å². The molecule has 0 saturated heterocycles. The van der Waals surface area contributed by atoms with E-state index in [2.05, 4.69) is 39.5 Å². The Morgan fingerprint density at radius 3 is 1.30 bits per heavy atom. The molecule has 2 nitrogen and oxygen atoms in total. The van der Waals surface area contributed by atoms with Crippen LogP contribution in [0.3, 0.4) is 0 Å². The Morgan fingerprint density at radius 2 is 0.900 bits per heavy atom. The van der Waals surface area contributed by atoms with E-state index in [9.17, 15) is 4.79 Å². The van der Waals surface area contributed by atoms with E-state index in [-0.39, 0.29) is 0 Å². The molecular formula is C28H57NO. The van der Waals surface area contributed by atoms with Gasteiger partial charge in [0.2, 0.25) is 5.91 Å². The highest BCUT2D eigenvalue weighted by molar-refractivity contribution is 5.76. The standard InChI is InChI=1S/C28H57NO/c1-6-11-14-15-16-17-18-19-22-25-28(30)29(26(9-4)23-20-12-7-2)27(10-5)24-21-13-8-3/h26-27H,6-25H2,1-5H3. The first kappa shape index (κ1) is 29.5. The number of nitrogens with zero attached hydrogens (tertiary/aromatic N) is 1. The van der Waals surface area contributed by atoms with E-state index in [1.54, 1.807) is 0 Å². The SMILES string of the molecule is CCCCCCCCCCCC(=O)N(C(CC)CCCCC)C(CC)CCCCC. The summed E-state index contributed by atoms with van der Waals surface area (Å²) in [5.74, 6) is 0.449. The van der Waals surface area contributed by atoms with Crippen molar-refractivity contribution in [1.82, 2.24) is 4.90 Å². The number of carbonyl (C=O) groups is 1. The van der Waals surface area contributed by atoms with Gasteiger partial charge in [-0.2, -0.15) is 0 Å². The minimum absolute atomic E-state index is 0.449. The Morgan fingerprint density at radius 1 is 0.533 bits per heavy atom. The molecule has 30 heavy (non-hydrogen) atoms. The summed E-state index contributed by atoms with van der Waals surface area (Å²) in [7, 11) is 0. The van der Waals surface area contributed by atoms with Gasteiger partial charge < -0.3 is 4.90 Å². The molecule has 0 aromatic carbocycles. The molecule has 0 radical (unpaired) electrons. The molecule has 2 atom stereocenters. The smallest absolute Gasteiger partial charge is 0.223 e. The van der Waals surface area contributed by atoms with Gasteiger partial charge >= 0.3 is 0 Å². The van der Waals surface area contributed by atoms with Crippen LogP contribution in [-0.4, -0.2) is 22.9 Å². The lowest BCUT2D eigenvalue weighted by Crippen LogP contribution is -2.47. The van der Waals surface area contributed by atoms with Crippen LogP contribution in [0.5, 0.6) is 0 Å². The monoisotopic (exact) mass is 423 g/mol. The van der Waals surface area contributed by atoms with Crippen molar-refractivity contribution in [2.75, 3.05) is 0 Å². The van der Waals surface area contributed by atoms with Gasteiger partial charge in [-0.25, -0.2) is 0 Å². The van der Waals surface area contributed by atoms with Gasteiger partial charge in [0.25, 0.3) is 0 Å². The number of hydrogen-bond acceptors (Lipinski definition) is 1. The number of carbonyl (C=O) groups excluding carboxylic acids is 1. The van der Waals surface area contributed by atoms with Crippen LogP contribution in [0.15, 0.2) is 0 Å². The van der Waals surface area contributed by atoms with Crippen molar-refractivity contribution < 1.29 is 4.79 Å². The van der Waals surface area contributed by atoms with Gasteiger partial charge in [0.05, 0.1) is 0 Å². The van der Waals surface area contributed by atoms with Gasteiger partial charge in [-0.05, 0) is 32.1 Å². The summed E-state index contributed by atoms with van der Waals surface area (Å²) in [6.45, 7) is 11.4. The number of rotatable bonds is 22. The third-order valence-corrected chi connectivity index (χ3v) is 6.79.